The number of hydrogen-bond donors (Lipinski definition) is 1. The van der Waals surface area contributed by atoms with Crippen molar-refractivity contribution in [3.63, 3.8) is 0 Å². The highest BCUT2D eigenvalue weighted by atomic mass is 32.2. The molecule has 0 bridgehead atoms. The summed E-state index contributed by atoms with van der Waals surface area (Å²) in [6, 6.07) is 13.7. The lowest BCUT2D eigenvalue weighted by molar-refractivity contribution is -0.720. The quantitative estimate of drug-likeness (QED) is 0.201. The molecule has 1 N–H and O–H groups in total. The summed E-state index contributed by atoms with van der Waals surface area (Å²) in [7, 11) is -6.31. The molecule has 0 radical (unpaired) electrons. The average Bonchev–Trinajstić information content (AvgIpc) is 3.24. The Hall–Kier alpha value is -2.68. The Labute approximate surface area is 228 Å². The summed E-state index contributed by atoms with van der Waals surface area (Å²) < 4.78 is 78.7. The summed E-state index contributed by atoms with van der Waals surface area (Å²) >= 11 is 0. The number of benzene rings is 1. The third-order valence-corrected chi connectivity index (χ3v) is 11.7. The SMILES string of the molecule is COc1c(NC(=O)OCc2ccccc2)ccc2[n+]1C(CO[Si](C)(C)C(C)(C)C)CC2.O=S(=O)([O-])C(F)(F)F. The largest absolute Gasteiger partial charge is 0.741 e. The van der Waals surface area contributed by atoms with Crippen molar-refractivity contribution in [1.29, 1.82) is 0 Å². The summed E-state index contributed by atoms with van der Waals surface area (Å²) in [5, 5.41) is 3.00. The maximum Gasteiger partial charge on any atom is 0.485 e. The Morgan fingerprint density at radius 3 is 2.23 bits per heavy atom. The number of methoxy groups -OCH3 is 1. The number of rotatable bonds is 7. The maximum absolute atomic E-state index is 12.4. The van der Waals surface area contributed by atoms with Crippen LogP contribution in [0.5, 0.6) is 5.88 Å². The van der Waals surface area contributed by atoms with Crippen molar-refractivity contribution in [2.75, 3.05) is 19.0 Å². The standard InChI is InChI=1S/C24H34N2O4Si.CHF3O3S/c1-24(2,3)31(5,6)30-17-20-13-12-19-14-15-21(22(28-4)26(19)20)25-23(27)29-16-18-10-8-7-9-11-18;2-1(3,4)8(5,6)7/h7-11,14-15,20H,12-13,16-17H2,1-6H3;(H,5,6,7). The molecule has 14 heteroatoms. The van der Waals surface area contributed by atoms with E-state index in [1.165, 1.54) is 5.69 Å². The van der Waals surface area contributed by atoms with E-state index < -0.39 is 30.0 Å². The molecule has 1 aromatic heterocycles. The van der Waals surface area contributed by atoms with Gasteiger partial charge in [-0.1, -0.05) is 51.1 Å². The number of aromatic nitrogens is 1. The highest BCUT2D eigenvalue weighted by molar-refractivity contribution is 7.86. The molecule has 9 nitrogen and oxygen atoms in total. The van der Waals surface area contributed by atoms with Crippen molar-refractivity contribution in [2.24, 2.45) is 0 Å². The number of aryl methyl sites for hydroxylation is 1. The second-order valence-electron chi connectivity index (χ2n) is 10.5. The van der Waals surface area contributed by atoms with E-state index >= 15 is 0 Å². The lowest BCUT2D eigenvalue weighted by Gasteiger charge is -2.36. The molecule has 218 valence electrons. The van der Waals surface area contributed by atoms with E-state index in [1.54, 1.807) is 7.11 Å². The van der Waals surface area contributed by atoms with E-state index in [-0.39, 0.29) is 17.7 Å². The van der Waals surface area contributed by atoms with Gasteiger partial charge in [0.1, 0.15) is 6.61 Å². The van der Waals surface area contributed by atoms with Crippen molar-refractivity contribution in [3.8, 4) is 5.88 Å². The molecule has 1 amide bonds. The molecule has 39 heavy (non-hydrogen) atoms. The maximum atomic E-state index is 12.4. The van der Waals surface area contributed by atoms with Crippen molar-refractivity contribution >= 4 is 30.2 Å². The van der Waals surface area contributed by atoms with Gasteiger partial charge >= 0.3 is 17.5 Å². The molecule has 1 aromatic carbocycles. The fourth-order valence-electron chi connectivity index (χ4n) is 3.49. The van der Waals surface area contributed by atoms with Crippen LogP contribution in [0.15, 0.2) is 42.5 Å². The third kappa shape index (κ3) is 8.91. The zero-order valence-electron chi connectivity index (χ0n) is 22.8. The van der Waals surface area contributed by atoms with Gasteiger partial charge in [0.25, 0.3) is 0 Å². The number of fused-ring (bicyclic) bond motifs is 1. The average molecular weight is 593 g/mol. The molecule has 0 saturated carbocycles. The number of carbonyl (C=O) groups excluding carboxylic acids is 1. The highest BCUT2D eigenvalue weighted by Crippen LogP contribution is 2.37. The van der Waals surface area contributed by atoms with Gasteiger partial charge in [-0.15, -0.1) is 0 Å². The molecule has 2 heterocycles. The van der Waals surface area contributed by atoms with Gasteiger partial charge < -0.3 is 18.5 Å². The third-order valence-electron chi connectivity index (χ3n) is 6.67. The van der Waals surface area contributed by atoms with E-state index in [9.17, 15) is 18.0 Å². The van der Waals surface area contributed by atoms with Crippen LogP contribution in [0.3, 0.4) is 0 Å². The molecule has 1 aliphatic rings. The monoisotopic (exact) mass is 592 g/mol. The van der Waals surface area contributed by atoms with E-state index in [0.29, 0.717) is 18.2 Å². The molecule has 0 spiro atoms. The van der Waals surface area contributed by atoms with Crippen molar-refractivity contribution < 1.29 is 49.4 Å². The molecule has 1 unspecified atom stereocenters. The number of halogens is 3. The number of nitrogens with one attached hydrogen (secondary N) is 1. The van der Waals surface area contributed by atoms with E-state index in [4.69, 9.17) is 26.9 Å². The topological polar surface area (TPSA) is 118 Å². The van der Waals surface area contributed by atoms with Crippen LogP contribution < -0.4 is 14.6 Å². The number of alkyl halides is 3. The van der Waals surface area contributed by atoms with Gasteiger partial charge in [0.15, 0.2) is 35.9 Å². The van der Waals surface area contributed by atoms with Crippen LogP contribution in [0.2, 0.25) is 18.1 Å². The van der Waals surface area contributed by atoms with Crippen LogP contribution in [0.25, 0.3) is 0 Å². The van der Waals surface area contributed by atoms with Crippen LogP contribution in [0.4, 0.5) is 23.7 Å². The van der Waals surface area contributed by atoms with Crippen LogP contribution >= 0.6 is 0 Å². The first-order chi connectivity index (χ1) is 17.9. The second kappa shape index (κ2) is 12.7. The van der Waals surface area contributed by atoms with Gasteiger partial charge in [0.05, 0.1) is 13.7 Å². The van der Waals surface area contributed by atoms with Crippen LogP contribution in [0.1, 0.15) is 44.5 Å². The molecule has 1 atom stereocenters. The number of carbonyl (C=O) groups is 1. The zero-order valence-corrected chi connectivity index (χ0v) is 24.6. The van der Waals surface area contributed by atoms with Gasteiger partial charge in [-0.05, 0) is 29.8 Å². The number of pyridine rings is 1. The first kappa shape index (κ1) is 32.5. The van der Waals surface area contributed by atoms with E-state index in [1.807, 2.05) is 42.5 Å². The van der Waals surface area contributed by atoms with Gasteiger partial charge in [0.2, 0.25) is 0 Å². The summed E-state index contributed by atoms with van der Waals surface area (Å²) in [4.78, 5) is 12.4. The minimum absolute atomic E-state index is 0.162. The Morgan fingerprint density at radius 2 is 1.72 bits per heavy atom. The van der Waals surface area contributed by atoms with Gasteiger partial charge in [-0.2, -0.15) is 17.7 Å². The zero-order chi connectivity index (χ0) is 29.6. The first-order valence-electron chi connectivity index (χ1n) is 12.1. The first-order valence-corrected chi connectivity index (χ1v) is 16.4. The van der Waals surface area contributed by atoms with Gasteiger partial charge in [-0.3, -0.25) is 5.32 Å². The fraction of sp³-hybridized carbons (Fsp3) is 0.520. The molecule has 1 aliphatic heterocycles. The minimum Gasteiger partial charge on any atom is -0.741 e. The molecular weight excluding hydrogens is 557 g/mol. The Kier molecular flexibility index (Phi) is 10.6. The molecule has 3 rings (SSSR count). The van der Waals surface area contributed by atoms with E-state index in [2.05, 4.69) is 43.7 Å². The fourth-order valence-corrected chi connectivity index (χ4v) is 4.53. The molecule has 0 fully saturated rings. The number of anilines is 1. The van der Waals surface area contributed by atoms with Crippen LogP contribution in [-0.4, -0.2) is 46.6 Å². The van der Waals surface area contributed by atoms with Gasteiger partial charge in [0, 0.05) is 18.9 Å². The smallest absolute Gasteiger partial charge is 0.485 e. The minimum atomic E-state index is -6.09. The number of hydrogen-bond acceptors (Lipinski definition) is 7. The number of amides is 1. The predicted molar refractivity (Wildman–Crippen MR) is 140 cm³/mol. The number of nitrogens with zero attached hydrogens (tertiary/aromatic N) is 1. The van der Waals surface area contributed by atoms with Crippen LogP contribution in [-0.2, 0) is 32.3 Å². The normalized spacial score (nSPS) is 15.6. The molecule has 0 saturated heterocycles. The molecule has 0 aliphatic carbocycles. The summed E-state index contributed by atoms with van der Waals surface area (Å²) in [5.74, 6) is 0.635. The van der Waals surface area contributed by atoms with Crippen molar-refractivity contribution in [1.82, 2.24) is 0 Å². The Balaban J connectivity index is 0.000000580. The highest BCUT2D eigenvalue weighted by Gasteiger charge is 2.42. The van der Waals surface area contributed by atoms with Crippen LogP contribution in [0, 0.1) is 0 Å². The number of ether oxygens (including phenoxy) is 2. The van der Waals surface area contributed by atoms with E-state index in [0.717, 1.165) is 18.4 Å². The summed E-state index contributed by atoms with van der Waals surface area (Å²) in [6.07, 6.45) is 1.45. The Bertz CT molecular complexity index is 1230. The molecular formula is C25H35F3N2O7SSi. The lowest BCUT2D eigenvalue weighted by atomic mass is 10.2. The summed E-state index contributed by atoms with van der Waals surface area (Å²) in [6.45, 7) is 12.1. The molecule has 2 aromatic rings. The lowest BCUT2D eigenvalue weighted by Crippen LogP contribution is -2.47. The summed E-state index contributed by atoms with van der Waals surface area (Å²) in [5.41, 5.74) is -2.92. The second-order valence-corrected chi connectivity index (χ2v) is 16.6. The van der Waals surface area contributed by atoms with Gasteiger partial charge in [-0.25, -0.2) is 13.2 Å². The van der Waals surface area contributed by atoms with Crippen molar-refractivity contribution in [3.05, 3.63) is 53.7 Å². The predicted octanol–water partition coefficient (Wildman–Crippen LogP) is 5.29. The van der Waals surface area contributed by atoms with Crippen molar-refractivity contribution in [2.45, 2.75) is 69.9 Å². The Morgan fingerprint density at radius 1 is 1.13 bits per heavy atom.